The fourth-order valence-electron chi connectivity index (χ4n) is 3.31. The Morgan fingerprint density at radius 2 is 2.00 bits per heavy atom. The number of thioether (sulfide) groups is 1. The zero-order valence-electron chi connectivity index (χ0n) is 19.0. The summed E-state index contributed by atoms with van der Waals surface area (Å²) < 4.78 is 11.4. The second-order valence-corrected chi connectivity index (χ2v) is 10.0. The summed E-state index contributed by atoms with van der Waals surface area (Å²) in [5.41, 5.74) is 6.32. The number of carbonyl (C=O) groups excluding carboxylic acids is 2. The van der Waals surface area contributed by atoms with E-state index in [2.05, 4.69) is 10.2 Å². The van der Waals surface area contributed by atoms with Crippen LogP contribution in [0.2, 0.25) is 10.0 Å². The Labute approximate surface area is 214 Å². The maximum Gasteiger partial charge on any atom is 0.230 e. The largest absolute Gasteiger partial charge is 0.493 e. The lowest BCUT2D eigenvalue weighted by Gasteiger charge is -2.33. The quantitative estimate of drug-likeness (QED) is 0.435. The van der Waals surface area contributed by atoms with E-state index in [4.69, 9.17) is 38.4 Å². The number of morpholine rings is 1. The number of hydrogen-bond acceptors (Lipinski definition) is 6. The van der Waals surface area contributed by atoms with Gasteiger partial charge in [0.1, 0.15) is 5.75 Å². The van der Waals surface area contributed by atoms with Crippen molar-refractivity contribution < 1.29 is 19.1 Å². The van der Waals surface area contributed by atoms with E-state index in [1.807, 2.05) is 36.4 Å². The van der Waals surface area contributed by atoms with Crippen LogP contribution in [0.15, 0.2) is 47.4 Å². The first-order chi connectivity index (χ1) is 16.3. The van der Waals surface area contributed by atoms with Gasteiger partial charge in [-0.15, -0.1) is 11.8 Å². The van der Waals surface area contributed by atoms with Crippen LogP contribution in [0.3, 0.4) is 0 Å². The van der Waals surface area contributed by atoms with E-state index < -0.39 is 5.91 Å². The molecule has 2 aromatic carbocycles. The molecule has 2 aromatic rings. The van der Waals surface area contributed by atoms with Crippen molar-refractivity contribution in [2.24, 2.45) is 11.7 Å². The molecule has 1 aliphatic heterocycles. The minimum atomic E-state index is -0.393. The Morgan fingerprint density at radius 3 is 2.71 bits per heavy atom. The number of halogens is 2. The zero-order valence-corrected chi connectivity index (χ0v) is 21.3. The van der Waals surface area contributed by atoms with Crippen molar-refractivity contribution in [1.82, 2.24) is 10.2 Å². The molecule has 3 rings (SSSR count). The molecule has 1 fully saturated rings. The molecule has 0 bridgehead atoms. The highest BCUT2D eigenvalue weighted by Gasteiger charge is 2.21. The van der Waals surface area contributed by atoms with Crippen LogP contribution in [0.5, 0.6) is 5.75 Å². The zero-order chi connectivity index (χ0) is 24.5. The lowest BCUT2D eigenvalue weighted by molar-refractivity contribution is -0.122. The Kier molecular flexibility index (Phi) is 10.3. The number of hydrogen-bond donors (Lipinski definition) is 2. The summed E-state index contributed by atoms with van der Waals surface area (Å²) in [6, 6.07) is 13.0. The van der Waals surface area contributed by atoms with E-state index in [-0.39, 0.29) is 24.5 Å². The molecule has 1 aliphatic rings. The van der Waals surface area contributed by atoms with Gasteiger partial charge in [0.05, 0.1) is 41.0 Å². The monoisotopic (exact) mass is 525 g/mol. The molecule has 0 radical (unpaired) electrons. The van der Waals surface area contributed by atoms with Crippen LogP contribution >= 0.6 is 35.0 Å². The molecule has 184 valence electrons. The molecule has 0 saturated carbocycles. The number of carbonyl (C=O) groups is 2. The van der Waals surface area contributed by atoms with Gasteiger partial charge in [0, 0.05) is 31.1 Å². The van der Waals surface area contributed by atoms with E-state index in [1.54, 1.807) is 13.0 Å². The number of amides is 2. The average Bonchev–Trinajstić information content (AvgIpc) is 2.83. The minimum Gasteiger partial charge on any atom is -0.493 e. The third kappa shape index (κ3) is 8.67. The molecule has 2 atom stereocenters. The summed E-state index contributed by atoms with van der Waals surface area (Å²) in [7, 11) is 0. The Hall–Kier alpha value is -1.97. The summed E-state index contributed by atoms with van der Waals surface area (Å²) in [6.07, 6.45) is -0.0651. The van der Waals surface area contributed by atoms with Crippen molar-refractivity contribution >= 4 is 46.8 Å². The smallest absolute Gasteiger partial charge is 0.230 e. The third-order valence-corrected chi connectivity index (χ3v) is 7.07. The molecule has 3 N–H and O–H groups in total. The molecular formula is C24H29Cl2N3O4S. The van der Waals surface area contributed by atoms with E-state index in [1.165, 1.54) is 11.8 Å². The van der Waals surface area contributed by atoms with Gasteiger partial charge >= 0.3 is 0 Å². The molecule has 10 heteroatoms. The highest BCUT2D eigenvalue weighted by molar-refractivity contribution is 8.00. The first-order valence-corrected chi connectivity index (χ1v) is 12.7. The summed E-state index contributed by atoms with van der Waals surface area (Å²) in [4.78, 5) is 26.6. The molecule has 0 aliphatic carbocycles. The van der Waals surface area contributed by atoms with Crippen LogP contribution in [-0.4, -0.2) is 61.4 Å². The number of nitrogens with two attached hydrogens (primary N) is 1. The number of rotatable bonds is 11. The first kappa shape index (κ1) is 26.6. The molecule has 0 aromatic heterocycles. The van der Waals surface area contributed by atoms with Crippen LogP contribution in [0.25, 0.3) is 0 Å². The lowest BCUT2D eigenvalue weighted by atomic mass is 10.2. The van der Waals surface area contributed by atoms with Gasteiger partial charge in [0.2, 0.25) is 11.8 Å². The van der Waals surface area contributed by atoms with Gasteiger partial charge in [-0.25, -0.2) is 0 Å². The predicted octanol–water partition coefficient (Wildman–Crippen LogP) is 3.60. The van der Waals surface area contributed by atoms with Gasteiger partial charge in [0.15, 0.2) is 0 Å². The van der Waals surface area contributed by atoms with Gasteiger partial charge < -0.3 is 20.5 Å². The maximum atomic E-state index is 12.3. The van der Waals surface area contributed by atoms with Crippen molar-refractivity contribution in [3.8, 4) is 5.75 Å². The molecular weight excluding hydrogens is 497 g/mol. The highest BCUT2D eigenvalue weighted by atomic mass is 35.5. The van der Waals surface area contributed by atoms with E-state index >= 15 is 0 Å². The second-order valence-electron chi connectivity index (χ2n) is 8.15. The van der Waals surface area contributed by atoms with Crippen LogP contribution in [0.4, 0.5) is 0 Å². The van der Waals surface area contributed by atoms with Crippen molar-refractivity contribution in [3.63, 3.8) is 0 Å². The normalized spacial score (nSPS) is 17.2. The third-order valence-electron chi connectivity index (χ3n) is 5.32. The number of ether oxygens (including phenoxy) is 2. The topological polar surface area (TPSA) is 93.9 Å². The summed E-state index contributed by atoms with van der Waals surface area (Å²) in [5.74, 6) is 0.163. The first-order valence-electron chi connectivity index (χ1n) is 11.0. The van der Waals surface area contributed by atoms with Crippen LogP contribution in [-0.2, 0) is 20.9 Å². The van der Waals surface area contributed by atoms with Gasteiger partial charge in [-0.2, -0.15) is 0 Å². The van der Waals surface area contributed by atoms with Crippen LogP contribution in [0, 0.1) is 5.92 Å². The van der Waals surface area contributed by atoms with Crippen molar-refractivity contribution in [2.45, 2.75) is 24.5 Å². The van der Waals surface area contributed by atoms with E-state index in [0.29, 0.717) is 34.7 Å². The minimum absolute atomic E-state index is 0.0502. The van der Waals surface area contributed by atoms with Crippen molar-refractivity contribution in [2.75, 3.05) is 38.6 Å². The fourth-order valence-corrected chi connectivity index (χ4v) is 4.36. The standard InChI is InChI=1S/C24H29Cl2N3O4S/c1-16(24(27)31)14-33-18-3-5-20(6-4-18)34-15-23(30)28-11-19-13-29(8-9-32-19)12-17-2-7-21(25)22(26)10-17/h2-7,10,16,19H,8-9,11-15H2,1H3,(H2,27,31)(H,28,30). The molecule has 7 nitrogen and oxygen atoms in total. The lowest BCUT2D eigenvalue weighted by Crippen LogP contribution is -2.47. The molecule has 1 saturated heterocycles. The summed E-state index contributed by atoms with van der Waals surface area (Å²) >= 11 is 13.6. The van der Waals surface area contributed by atoms with E-state index in [0.717, 1.165) is 30.1 Å². The SMILES string of the molecule is CC(COc1ccc(SCC(=O)NCC2CN(Cc3ccc(Cl)c(Cl)c3)CCO2)cc1)C(N)=O. The maximum absolute atomic E-state index is 12.3. The van der Waals surface area contributed by atoms with Gasteiger partial charge in [-0.3, -0.25) is 14.5 Å². The number of primary amides is 1. The number of nitrogens with one attached hydrogen (secondary N) is 1. The summed E-state index contributed by atoms with van der Waals surface area (Å²) in [5, 5.41) is 4.06. The Morgan fingerprint density at radius 1 is 1.24 bits per heavy atom. The number of nitrogens with zero attached hydrogens (tertiary/aromatic N) is 1. The van der Waals surface area contributed by atoms with Crippen molar-refractivity contribution in [1.29, 1.82) is 0 Å². The average molecular weight is 526 g/mol. The Balaban J connectivity index is 1.36. The Bertz CT molecular complexity index is 977. The van der Waals surface area contributed by atoms with Crippen LogP contribution < -0.4 is 15.8 Å². The van der Waals surface area contributed by atoms with Crippen molar-refractivity contribution in [3.05, 3.63) is 58.1 Å². The van der Waals surface area contributed by atoms with Crippen LogP contribution in [0.1, 0.15) is 12.5 Å². The molecule has 34 heavy (non-hydrogen) atoms. The highest BCUT2D eigenvalue weighted by Crippen LogP contribution is 2.24. The predicted molar refractivity (Wildman–Crippen MR) is 136 cm³/mol. The van der Waals surface area contributed by atoms with Gasteiger partial charge in [-0.1, -0.05) is 36.2 Å². The molecule has 0 spiro atoms. The second kappa shape index (κ2) is 13.2. The van der Waals surface area contributed by atoms with Gasteiger partial charge in [0.25, 0.3) is 0 Å². The van der Waals surface area contributed by atoms with Gasteiger partial charge in [-0.05, 0) is 42.0 Å². The summed E-state index contributed by atoms with van der Waals surface area (Å²) in [6.45, 7) is 5.33. The molecule has 2 unspecified atom stereocenters. The molecule has 2 amide bonds. The number of benzene rings is 2. The fraction of sp³-hybridized carbons (Fsp3) is 0.417. The van der Waals surface area contributed by atoms with E-state index in [9.17, 15) is 9.59 Å². The molecule has 1 heterocycles.